The number of ether oxygens (including phenoxy) is 1. The van der Waals surface area contributed by atoms with E-state index in [9.17, 15) is 9.59 Å². The molecule has 27 heavy (non-hydrogen) atoms. The molecule has 0 saturated heterocycles. The lowest BCUT2D eigenvalue weighted by atomic mass is 9.88. The molecule has 2 aromatic carbocycles. The Hall–Kier alpha value is -2.55. The van der Waals surface area contributed by atoms with Gasteiger partial charge < -0.3 is 10.1 Å². The van der Waals surface area contributed by atoms with E-state index in [1.54, 1.807) is 30.3 Å². The minimum atomic E-state index is -0.501. The van der Waals surface area contributed by atoms with Crippen molar-refractivity contribution in [2.24, 2.45) is 5.92 Å². The molecule has 1 atom stereocenters. The van der Waals surface area contributed by atoms with E-state index >= 15 is 0 Å². The summed E-state index contributed by atoms with van der Waals surface area (Å²) in [6.45, 7) is 3.38. The minimum Gasteiger partial charge on any atom is -0.455 e. The number of nitrogens with zero attached hydrogens (tertiary/aromatic N) is 1. The number of amides is 1. The van der Waals surface area contributed by atoms with E-state index in [4.69, 9.17) is 33.2 Å². The first-order valence-electron chi connectivity index (χ1n) is 8.23. The summed E-state index contributed by atoms with van der Waals surface area (Å²) in [7, 11) is 0. The number of carbonyl (C=O) groups excluding carboxylic acids is 2. The number of hydrogen-bond acceptors (Lipinski definition) is 4. The molecular weight excluding hydrogens is 387 g/mol. The Kier molecular flexibility index (Phi) is 7.23. The van der Waals surface area contributed by atoms with Crippen LogP contribution in [0.4, 0.5) is 5.69 Å². The van der Waals surface area contributed by atoms with Crippen molar-refractivity contribution in [2.45, 2.75) is 19.8 Å². The monoisotopic (exact) mass is 404 g/mol. The zero-order chi connectivity index (χ0) is 20.0. The smallest absolute Gasteiger partial charge is 0.314 e. The molecule has 0 saturated carbocycles. The van der Waals surface area contributed by atoms with Crippen LogP contribution in [0.15, 0.2) is 42.5 Å². The first-order chi connectivity index (χ1) is 12.8. The third-order valence-electron chi connectivity index (χ3n) is 3.87. The van der Waals surface area contributed by atoms with E-state index in [-0.39, 0.29) is 10.9 Å². The molecule has 0 unspecified atom stereocenters. The summed E-state index contributed by atoms with van der Waals surface area (Å²) in [6.07, 6.45) is 0. The molecule has 2 aromatic rings. The van der Waals surface area contributed by atoms with Gasteiger partial charge in [0.25, 0.3) is 5.91 Å². The highest BCUT2D eigenvalue weighted by Gasteiger charge is 2.26. The number of carbonyl (C=O) groups is 2. The molecule has 5 nitrogen and oxygen atoms in total. The van der Waals surface area contributed by atoms with Crippen molar-refractivity contribution in [1.29, 1.82) is 5.26 Å². The van der Waals surface area contributed by atoms with E-state index in [2.05, 4.69) is 5.32 Å². The molecule has 1 N–H and O–H groups in total. The van der Waals surface area contributed by atoms with Crippen LogP contribution in [0.3, 0.4) is 0 Å². The van der Waals surface area contributed by atoms with Gasteiger partial charge in [0.15, 0.2) is 6.61 Å². The number of anilines is 1. The van der Waals surface area contributed by atoms with E-state index in [0.29, 0.717) is 16.3 Å². The van der Waals surface area contributed by atoms with Crippen LogP contribution in [0.2, 0.25) is 10.0 Å². The second kappa shape index (κ2) is 9.40. The molecule has 0 aliphatic heterocycles. The fourth-order valence-electron chi connectivity index (χ4n) is 2.57. The van der Waals surface area contributed by atoms with Crippen molar-refractivity contribution in [2.75, 3.05) is 11.9 Å². The number of nitrogens with one attached hydrogen (secondary N) is 1. The van der Waals surface area contributed by atoms with Crippen LogP contribution in [0.1, 0.15) is 30.9 Å². The van der Waals surface area contributed by atoms with E-state index in [1.807, 2.05) is 19.9 Å². The van der Waals surface area contributed by atoms with Crippen molar-refractivity contribution < 1.29 is 14.3 Å². The highest BCUT2D eigenvalue weighted by molar-refractivity contribution is 6.32. The van der Waals surface area contributed by atoms with E-state index < -0.39 is 24.4 Å². The summed E-state index contributed by atoms with van der Waals surface area (Å²) >= 11 is 11.8. The standard InChI is InChI=1S/C20H18Cl2N2O3/c1-12(2)19(13-3-6-15(21)7-4-13)20(26)27-11-18(25)24-16-8-5-14(10-23)17(22)9-16/h3-9,12,19H,11H2,1-2H3,(H,24,25)/t19-/m0/s1. The quantitative estimate of drug-likeness (QED) is 0.701. The third-order valence-corrected chi connectivity index (χ3v) is 4.43. The van der Waals surface area contributed by atoms with Crippen molar-refractivity contribution in [3.05, 3.63) is 63.6 Å². The summed E-state index contributed by atoms with van der Waals surface area (Å²) in [5, 5.41) is 12.2. The van der Waals surface area contributed by atoms with Crippen LogP contribution in [-0.4, -0.2) is 18.5 Å². The maximum Gasteiger partial charge on any atom is 0.314 e. The SMILES string of the molecule is CC(C)[C@H](C(=O)OCC(=O)Nc1ccc(C#N)c(Cl)c1)c1ccc(Cl)cc1. The second-order valence-corrected chi connectivity index (χ2v) is 7.08. The van der Waals surface area contributed by atoms with E-state index in [1.165, 1.54) is 12.1 Å². The summed E-state index contributed by atoms with van der Waals surface area (Å²) in [5.41, 5.74) is 1.50. The maximum absolute atomic E-state index is 12.5. The highest BCUT2D eigenvalue weighted by Crippen LogP contribution is 2.27. The number of benzene rings is 2. The molecule has 2 rings (SSSR count). The van der Waals surface area contributed by atoms with Crippen LogP contribution in [0.25, 0.3) is 0 Å². The first-order valence-corrected chi connectivity index (χ1v) is 8.99. The van der Waals surface area contributed by atoms with Crippen LogP contribution in [0.5, 0.6) is 0 Å². The van der Waals surface area contributed by atoms with Crippen LogP contribution >= 0.6 is 23.2 Å². The molecule has 1 amide bonds. The van der Waals surface area contributed by atoms with Gasteiger partial charge in [-0.25, -0.2) is 0 Å². The number of rotatable bonds is 6. The summed E-state index contributed by atoms with van der Waals surface area (Å²) in [5.74, 6) is -1.50. The molecule has 140 valence electrons. The fraction of sp³-hybridized carbons (Fsp3) is 0.250. The van der Waals surface area contributed by atoms with Crippen LogP contribution in [-0.2, 0) is 14.3 Å². The fourth-order valence-corrected chi connectivity index (χ4v) is 2.92. The molecular formula is C20H18Cl2N2O3. The largest absolute Gasteiger partial charge is 0.455 e. The average molecular weight is 405 g/mol. The summed E-state index contributed by atoms with van der Waals surface area (Å²) < 4.78 is 5.19. The predicted molar refractivity (Wildman–Crippen MR) is 105 cm³/mol. The Morgan fingerprint density at radius 1 is 1.15 bits per heavy atom. The maximum atomic E-state index is 12.5. The van der Waals surface area contributed by atoms with Crippen molar-refractivity contribution in [3.63, 3.8) is 0 Å². The molecule has 7 heteroatoms. The van der Waals surface area contributed by atoms with Crippen molar-refractivity contribution >= 4 is 40.8 Å². The molecule has 0 heterocycles. The average Bonchev–Trinajstić information content (AvgIpc) is 2.62. The Labute approximate surface area is 167 Å². The van der Waals surface area contributed by atoms with Gasteiger partial charge in [0.1, 0.15) is 6.07 Å². The van der Waals surface area contributed by atoms with Gasteiger partial charge in [-0.05, 0) is 41.8 Å². The van der Waals surface area contributed by atoms with Gasteiger partial charge >= 0.3 is 5.97 Å². The minimum absolute atomic E-state index is 0.0148. The van der Waals surface area contributed by atoms with Gasteiger partial charge in [-0.2, -0.15) is 5.26 Å². The van der Waals surface area contributed by atoms with Gasteiger partial charge in [0.2, 0.25) is 0 Å². The molecule has 0 spiro atoms. The van der Waals surface area contributed by atoms with Crippen molar-refractivity contribution in [3.8, 4) is 6.07 Å². The summed E-state index contributed by atoms with van der Waals surface area (Å²) in [6, 6.07) is 13.4. The highest BCUT2D eigenvalue weighted by atomic mass is 35.5. The Morgan fingerprint density at radius 2 is 1.81 bits per heavy atom. The molecule has 0 aliphatic rings. The number of halogens is 2. The Morgan fingerprint density at radius 3 is 2.37 bits per heavy atom. The van der Waals surface area contributed by atoms with Gasteiger partial charge in [0.05, 0.1) is 16.5 Å². The number of hydrogen-bond donors (Lipinski definition) is 1. The van der Waals surface area contributed by atoms with Gasteiger partial charge in [-0.3, -0.25) is 9.59 Å². The first kappa shape index (κ1) is 20.8. The lowest BCUT2D eigenvalue weighted by molar-refractivity contribution is -0.149. The number of esters is 1. The number of nitriles is 1. The van der Waals surface area contributed by atoms with Gasteiger partial charge in [-0.15, -0.1) is 0 Å². The van der Waals surface area contributed by atoms with Crippen molar-refractivity contribution in [1.82, 2.24) is 0 Å². The second-order valence-electron chi connectivity index (χ2n) is 6.24. The van der Waals surface area contributed by atoms with E-state index in [0.717, 1.165) is 5.56 Å². The molecule has 0 aliphatic carbocycles. The Bertz CT molecular complexity index is 874. The topological polar surface area (TPSA) is 79.2 Å². The predicted octanol–water partition coefficient (Wildman–Crippen LogP) is 4.79. The third kappa shape index (κ3) is 5.72. The molecule has 0 fully saturated rings. The molecule has 0 aromatic heterocycles. The molecule has 0 bridgehead atoms. The lowest BCUT2D eigenvalue weighted by Crippen LogP contribution is -2.26. The zero-order valence-corrected chi connectivity index (χ0v) is 16.3. The normalized spacial score (nSPS) is 11.6. The summed E-state index contributed by atoms with van der Waals surface area (Å²) in [4.78, 5) is 24.5. The lowest BCUT2D eigenvalue weighted by Gasteiger charge is -2.20. The zero-order valence-electron chi connectivity index (χ0n) is 14.8. The van der Waals surface area contributed by atoms with Gasteiger partial charge in [-0.1, -0.05) is 49.2 Å². The van der Waals surface area contributed by atoms with Crippen LogP contribution in [0, 0.1) is 17.2 Å². The van der Waals surface area contributed by atoms with Gasteiger partial charge in [0, 0.05) is 10.7 Å². The van der Waals surface area contributed by atoms with Crippen LogP contribution < -0.4 is 5.32 Å². The molecule has 0 radical (unpaired) electrons. The Balaban J connectivity index is 1.98.